The van der Waals surface area contributed by atoms with Crippen LogP contribution >= 0.6 is 0 Å². The molecule has 0 amide bonds. The summed E-state index contributed by atoms with van der Waals surface area (Å²) in [6.45, 7) is 7.71. The van der Waals surface area contributed by atoms with E-state index in [1.807, 2.05) is 0 Å². The number of rotatable bonds is 5. The Hall–Kier alpha value is -1.02. The van der Waals surface area contributed by atoms with E-state index >= 15 is 0 Å². The second-order valence-electron chi connectivity index (χ2n) is 5.88. The second-order valence-corrected chi connectivity index (χ2v) is 5.88. The highest BCUT2D eigenvalue weighted by molar-refractivity contribution is 5.54. The molecule has 19 heavy (non-hydrogen) atoms. The maximum Gasteiger partial charge on any atom is 0.0396 e. The van der Waals surface area contributed by atoms with Crippen molar-refractivity contribution >= 4 is 5.69 Å². The van der Waals surface area contributed by atoms with Gasteiger partial charge in [-0.1, -0.05) is 31.9 Å². The molecule has 1 saturated heterocycles. The van der Waals surface area contributed by atoms with Crippen LogP contribution in [0.1, 0.15) is 43.7 Å². The predicted octanol–water partition coefficient (Wildman–Crippen LogP) is 3.51. The third-order valence-corrected chi connectivity index (χ3v) is 4.35. The minimum absolute atomic E-state index is 0.737. The lowest BCUT2D eigenvalue weighted by Crippen LogP contribution is -2.34. The average Bonchev–Trinajstić information content (AvgIpc) is 2.41. The molecule has 1 aliphatic rings. The summed E-state index contributed by atoms with van der Waals surface area (Å²) in [5, 5.41) is 0. The lowest BCUT2D eigenvalue weighted by molar-refractivity contribution is 0.378. The van der Waals surface area contributed by atoms with Crippen molar-refractivity contribution in [2.75, 3.05) is 24.5 Å². The monoisotopic (exact) mass is 260 g/mol. The van der Waals surface area contributed by atoms with Gasteiger partial charge in [-0.15, -0.1) is 0 Å². The maximum absolute atomic E-state index is 5.62. The van der Waals surface area contributed by atoms with Crippen molar-refractivity contribution in [1.29, 1.82) is 0 Å². The Bertz CT molecular complexity index is 392. The molecule has 1 aromatic carbocycles. The Labute approximate surface area is 118 Å². The van der Waals surface area contributed by atoms with E-state index in [9.17, 15) is 0 Å². The summed E-state index contributed by atoms with van der Waals surface area (Å²) in [6, 6.07) is 6.84. The number of benzene rings is 1. The van der Waals surface area contributed by atoms with Crippen LogP contribution in [0.15, 0.2) is 18.2 Å². The van der Waals surface area contributed by atoms with Crippen molar-refractivity contribution in [2.24, 2.45) is 11.7 Å². The molecule has 2 rings (SSSR count). The topological polar surface area (TPSA) is 29.3 Å². The zero-order valence-electron chi connectivity index (χ0n) is 12.5. The number of hydrogen-bond acceptors (Lipinski definition) is 2. The third kappa shape index (κ3) is 3.73. The molecule has 0 spiro atoms. The van der Waals surface area contributed by atoms with Gasteiger partial charge in [-0.05, 0) is 55.8 Å². The van der Waals surface area contributed by atoms with E-state index in [0.717, 1.165) is 18.9 Å². The fourth-order valence-corrected chi connectivity index (χ4v) is 3.27. The lowest BCUT2D eigenvalue weighted by atomic mass is 9.92. The van der Waals surface area contributed by atoms with Gasteiger partial charge in [0.2, 0.25) is 0 Å². The molecule has 2 nitrogen and oxygen atoms in total. The molecule has 0 aliphatic carbocycles. The number of nitrogens with zero attached hydrogens (tertiary/aromatic N) is 1. The van der Waals surface area contributed by atoms with Crippen molar-refractivity contribution in [2.45, 2.75) is 46.0 Å². The first-order valence-corrected chi connectivity index (χ1v) is 7.79. The molecule has 0 unspecified atom stereocenters. The highest BCUT2D eigenvalue weighted by Gasteiger charge is 2.19. The first-order valence-electron chi connectivity index (χ1n) is 7.79. The van der Waals surface area contributed by atoms with Crippen LogP contribution in [0.4, 0.5) is 5.69 Å². The Morgan fingerprint density at radius 1 is 1.26 bits per heavy atom. The van der Waals surface area contributed by atoms with Crippen LogP contribution in [0.5, 0.6) is 0 Å². The standard InChI is InChI=1S/C17H28N2/c1-3-4-15-8-11-19(12-9-15)17-6-5-16(7-10-18)13-14(17)2/h5-6,13,15H,3-4,7-12,18H2,1-2H3. The smallest absolute Gasteiger partial charge is 0.0396 e. The summed E-state index contributed by atoms with van der Waals surface area (Å²) in [7, 11) is 0. The van der Waals surface area contributed by atoms with E-state index in [1.54, 1.807) is 0 Å². The summed E-state index contributed by atoms with van der Waals surface area (Å²) in [5.41, 5.74) is 9.82. The zero-order valence-corrected chi connectivity index (χ0v) is 12.5. The van der Waals surface area contributed by atoms with Crippen molar-refractivity contribution in [3.05, 3.63) is 29.3 Å². The van der Waals surface area contributed by atoms with Gasteiger partial charge in [0.1, 0.15) is 0 Å². The van der Waals surface area contributed by atoms with Crippen LogP contribution in [-0.4, -0.2) is 19.6 Å². The van der Waals surface area contributed by atoms with E-state index in [1.165, 1.54) is 55.6 Å². The molecule has 0 aromatic heterocycles. The molecular weight excluding hydrogens is 232 g/mol. The predicted molar refractivity (Wildman–Crippen MR) is 83.8 cm³/mol. The van der Waals surface area contributed by atoms with E-state index in [2.05, 4.69) is 36.9 Å². The first-order chi connectivity index (χ1) is 9.24. The van der Waals surface area contributed by atoms with E-state index in [4.69, 9.17) is 5.73 Å². The van der Waals surface area contributed by atoms with Crippen molar-refractivity contribution in [3.63, 3.8) is 0 Å². The average molecular weight is 260 g/mol. The number of anilines is 1. The van der Waals surface area contributed by atoms with Gasteiger partial charge in [0, 0.05) is 18.8 Å². The maximum atomic E-state index is 5.62. The summed E-state index contributed by atoms with van der Waals surface area (Å²) in [4.78, 5) is 2.56. The normalized spacial score (nSPS) is 16.9. The zero-order chi connectivity index (χ0) is 13.7. The molecule has 1 aliphatic heterocycles. The quantitative estimate of drug-likeness (QED) is 0.878. The summed E-state index contributed by atoms with van der Waals surface area (Å²) >= 11 is 0. The fourth-order valence-electron chi connectivity index (χ4n) is 3.27. The molecule has 2 N–H and O–H groups in total. The van der Waals surface area contributed by atoms with Crippen molar-refractivity contribution in [1.82, 2.24) is 0 Å². The van der Waals surface area contributed by atoms with Crippen LogP contribution in [0.2, 0.25) is 0 Å². The van der Waals surface area contributed by atoms with Gasteiger partial charge in [-0.25, -0.2) is 0 Å². The molecule has 0 bridgehead atoms. The van der Waals surface area contributed by atoms with Gasteiger partial charge in [0.05, 0.1) is 0 Å². The van der Waals surface area contributed by atoms with Gasteiger partial charge in [0.15, 0.2) is 0 Å². The highest BCUT2D eigenvalue weighted by atomic mass is 15.1. The molecule has 1 aromatic rings. The summed E-state index contributed by atoms with van der Waals surface area (Å²) in [5.74, 6) is 0.957. The number of aryl methyl sites for hydroxylation is 1. The molecule has 0 radical (unpaired) electrons. The Morgan fingerprint density at radius 2 is 2.00 bits per heavy atom. The van der Waals surface area contributed by atoms with Crippen LogP contribution in [-0.2, 0) is 6.42 Å². The molecule has 2 heteroatoms. The van der Waals surface area contributed by atoms with Crippen LogP contribution in [0.3, 0.4) is 0 Å². The first kappa shape index (κ1) is 14.4. The Morgan fingerprint density at radius 3 is 2.58 bits per heavy atom. The van der Waals surface area contributed by atoms with Gasteiger partial charge in [-0.2, -0.15) is 0 Å². The summed E-state index contributed by atoms with van der Waals surface area (Å²) in [6.07, 6.45) is 6.44. The Balaban J connectivity index is 1.99. The fraction of sp³-hybridized carbons (Fsp3) is 0.647. The number of piperidine rings is 1. The van der Waals surface area contributed by atoms with Crippen LogP contribution < -0.4 is 10.6 Å². The highest BCUT2D eigenvalue weighted by Crippen LogP contribution is 2.28. The van der Waals surface area contributed by atoms with Gasteiger partial charge in [0.25, 0.3) is 0 Å². The SMILES string of the molecule is CCCC1CCN(c2ccc(CCN)cc2C)CC1. The lowest BCUT2D eigenvalue weighted by Gasteiger charge is -2.34. The van der Waals surface area contributed by atoms with Crippen LogP contribution in [0, 0.1) is 12.8 Å². The minimum atomic E-state index is 0.737. The number of hydrogen-bond donors (Lipinski definition) is 1. The van der Waals surface area contributed by atoms with Crippen molar-refractivity contribution in [3.8, 4) is 0 Å². The molecule has 1 heterocycles. The second kappa shape index (κ2) is 6.95. The third-order valence-electron chi connectivity index (χ3n) is 4.35. The van der Waals surface area contributed by atoms with E-state index in [-0.39, 0.29) is 0 Å². The van der Waals surface area contributed by atoms with Gasteiger partial charge >= 0.3 is 0 Å². The molecular formula is C17H28N2. The Kier molecular flexibility index (Phi) is 5.26. The molecule has 106 valence electrons. The molecule has 1 fully saturated rings. The molecule has 0 atom stereocenters. The largest absolute Gasteiger partial charge is 0.371 e. The molecule has 0 saturated carbocycles. The van der Waals surface area contributed by atoms with Crippen LogP contribution in [0.25, 0.3) is 0 Å². The summed E-state index contributed by atoms with van der Waals surface area (Å²) < 4.78 is 0. The van der Waals surface area contributed by atoms with Gasteiger partial charge in [-0.3, -0.25) is 0 Å². The number of nitrogens with two attached hydrogens (primary N) is 1. The van der Waals surface area contributed by atoms with E-state index < -0.39 is 0 Å². The van der Waals surface area contributed by atoms with Crippen molar-refractivity contribution < 1.29 is 0 Å². The minimum Gasteiger partial charge on any atom is -0.371 e. The van der Waals surface area contributed by atoms with E-state index in [0.29, 0.717) is 0 Å². The van der Waals surface area contributed by atoms with Gasteiger partial charge < -0.3 is 10.6 Å².